The van der Waals surface area contributed by atoms with Gasteiger partial charge in [0.1, 0.15) is 12.1 Å². The second-order valence-electron chi connectivity index (χ2n) is 21.0. The topological polar surface area (TPSA) is 452 Å². The number of guanidine groups is 1. The van der Waals surface area contributed by atoms with Crippen molar-refractivity contribution >= 4 is 88.3 Å². The van der Waals surface area contributed by atoms with E-state index in [1.54, 1.807) is 11.0 Å². The van der Waals surface area contributed by atoms with E-state index in [0.29, 0.717) is 67.4 Å². The molecule has 2 aromatic rings. The van der Waals surface area contributed by atoms with E-state index in [1.807, 2.05) is 42.5 Å². The molecule has 0 aliphatic carbocycles. The fourth-order valence-corrected chi connectivity index (χ4v) is 8.52. The van der Waals surface area contributed by atoms with Crippen LogP contribution in [0.25, 0.3) is 0 Å². The summed E-state index contributed by atoms with van der Waals surface area (Å²) in [6, 6.07) is 12.2. The Kier molecular flexibility index (Phi) is 38.7. The zero-order valence-corrected chi connectivity index (χ0v) is 52.4. The number of aliphatic carboxylic acids is 5. The van der Waals surface area contributed by atoms with Crippen molar-refractivity contribution in [2.75, 3.05) is 88.8 Å². The predicted molar refractivity (Wildman–Crippen MR) is 316 cm³/mol. The molecule has 0 spiro atoms. The molecule has 0 radical (unpaired) electrons. The number of rotatable bonds is 22. The number of carboxylic acids is 5. The minimum Gasteiger partial charge on any atom is -0.475 e. The number of amides is 6. The number of nitrogens with one attached hydrogen (secondary N) is 5. The van der Waals surface area contributed by atoms with E-state index in [9.17, 15) is 94.6 Å². The molecule has 2 fully saturated rings. The van der Waals surface area contributed by atoms with Gasteiger partial charge in [-0.15, -0.1) is 0 Å². The molecule has 3 atom stereocenters. The normalized spacial score (nSPS) is 15.3. The summed E-state index contributed by atoms with van der Waals surface area (Å²) in [6.07, 6.45) is -19.3. The smallest absolute Gasteiger partial charge is 0.475 e. The van der Waals surface area contributed by atoms with Gasteiger partial charge in [0, 0.05) is 52.7 Å². The standard InChI is InChI=1S/C45H69N13O6.5C2HF3O2/c1-31(41(61)54-44(64)37(13-7-19-46)52-32(2)59)51-43(63)36(14-8-20-50-45(47)48)49-21-25-56-28-26-55(27-29-56)22-9-10-33-17-23-57(24-18-33)30-40(60)58-38-15-5-3-11-34(38)42(62)53-35-12-4-6-16-39(35)58;5*3-2(4,5)1(6)7/h3-6,11-12,15-16,31,33,36-37,49H,7-10,13-14,17-30,46H2,1-2H3,(H,51,63)(H,52,59)(H,53,62)(H4,47,48,50)(H,54,61,64);5*(H,6,7)/t31-,36-,37+;;;;;/m0...../s1. The molecule has 99 heavy (non-hydrogen) atoms. The van der Waals surface area contributed by atoms with Gasteiger partial charge in [-0.1, -0.05) is 24.3 Å². The van der Waals surface area contributed by atoms with Crippen molar-refractivity contribution in [3.8, 4) is 0 Å². The number of nitrogens with zero attached hydrogens (tertiary/aromatic N) is 5. The van der Waals surface area contributed by atoms with Gasteiger partial charge < -0.3 is 68.9 Å². The van der Waals surface area contributed by atoms with Crippen molar-refractivity contribution < 1.29 is 144 Å². The summed E-state index contributed by atoms with van der Waals surface area (Å²) in [5.41, 5.74) is 18.9. The summed E-state index contributed by atoms with van der Waals surface area (Å²) in [5, 5.41) is 49.5. The van der Waals surface area contributed by atoms with Crippen LogP contribution in [0.5, 0.6) is 0 Å². The van der Waals surface area contributed by atoms with Crippen LogP contribution in [-0.2, 0) is 47.9 Å². The van der Waals surface area contributed by atoms with Crippen molar-refractivity contribution in [3.05, 3.63) is 54.1 Å². The van der Waals surface area contributed by atoms with Crippen molar-refractivity contribution in [2.45, 2.75) is 114 Å². The average molecular weight is 1460 g/mol. The first-order valence-corrected chi connectivity index (χ1v) is 29.0. The van der Waals surface area contributed by atoms with Gasteiger partial charge in [0.2, 0.25) is 29.5 Å². The lowest BCUT2D eigenvalue weighted by Gasteiger charge is -2.36. The zero-order valence-electron chi connectivity index (χ0n) is 52.4. The molecule has 44 heteroatoms. The molecule has 29 nitrogen and oxygen atoms in total. The Balaban J connectivity index is 0.00000222. The molecule has 5 rings (SSSR count). The largest absolute Gasteiger partial charge is 0.490 e. The number of carbonyl (C=O) groups excluding carboxylic acids is 6. The van der Waals surface area contributed by atoms with Crippen LogP contribution in [0.4, 0.5) is 82.9 Å². The van der Waals surface area contributed by atoms with Crippen LogP contribution in [0.1, 0.15) is 75.6 Å². The minimum absolute atomic E-state index is 0.0277. The Labute approximate surface area is 552 Å². The minimum atomic E-state index is -5.08. The van der Waals surface area contributed by atoms with Gasteiger partial charge in [-0.2, -0.15) is 65.9 Å². The molecule has 3 aliphatic heterocycles. The van der Waals surface area contributed by atoms with Gasteiger partial charge in [0.15, 0.2) is 5.96 Å². The number of alkyl halides is 15. The zero-order chi connectivity index (χ0) is 76.4. The van der Waals surface area contributed by atoms with Gasteiger partial charge >= 0.3 is 60.7 Å². The number of carbonyl (C=O) groups is 11. The Bertz CT molecular complexity index is 2870. The van der Waals surface area contributed by atoms with Gasteiger partial charge in [-0.25, -0.2) is 24.0 Å². The number of para-hydroxylation sites is 3. The van der Waals surface area contributed by atoms with Crippen LogP contribution >= 0.6 is 0 Å². The maximum atomic E-state index is 13.9. The SMILES string of the molecule is CC(=O)N[C@H](CCCN)C(=O)NC(=O)[C@H](C)NC(=O)[C@H](CCCN=C(N)N)NCCN1CCN(CCCC2CCN(CC(=O)N3c4ccccc4NC(=O)c4ccccc43)CC2)CC1.O=C(O)C(F)(F)F.O=C(O)C(F)(F)F.O=C(O)C(F)(F)F.O=C(O)C(F)(F)F.O=C(O)C(F)(F)F. The first-order valence-electron chi connectivity index (χ1n) is 29.0. The van der Waals surface area contributed by atoms with Crippen molar-refractivity contribution in [1.29, 1.82) is 0 Å². The molecule has 16 N–H and O–H groups in total. The van der Waals surface area contributed by atoms with Gasteiger partial charge in [0.25, 0.3) is 5.91 Å². The number of anilines is 3. The molecular weight excluding hydrogens is 1380 g/mol. The molecule has 2 aromatic carbocycles. The first kappa shape index (κ1) is 89.8. The number of halogens is 15. The van der Waals surface area contributed by atoms with Crippen molar-refractivity contribution in [1.82, 2.24) is 36.0 Å². The number of nitrogens with two attached hydrogens (primary N) is 3. The molecule has 2 saturated heterocycles. The highest BCUT2D eigenvalue weighted by atomic mass is 19.4. The second-order valence-corrected chi connectivity index (χ2v) is 21.0. The number of piperazine rings is 1. The molecule has 0 unspecified atom stereocenters. The van der Waals surface area contributed by atoms with Gasteiger partial charge in [-0.3, -0.25) is 53.8 Å². The van der Waals surface area contributed by atoms with Crippen LogP contribution < -0.4 is 48.7 Å². The maximum Gasteiger partial charge on any atom is 0.490 e. The maximum absolute atomic E-state index is 13.9. The lowest BCUT2D eigenvalue weighted by Crippen LogP contribution is -2.55. The summed E-state index contributed by atoms with van der Waals surface area (Å²) in [4.78, 5) is 135. The van der Waals surface area contributed by atoms with E-state index in [1.165, 1.54) is 13.8 Å². The van der Waals surface area contributed by atoms with E-state index in [4.69, 9.17) is 66.7 Å². The molecule has 6 amide bonds. The van der Waals surface area contributed by atoms with E-state index in [-0.39, 0.29) is 36.6 Å². The summed E-state index contributed by atoms with van der Waals surface area (Å²) in [5.74, 6) is -15.6. The number of fused-ring (bicyclic) bond motifs is 2. The highest BCUT2D eigenvalue weighted by molar-refractivity contribution is 6.18. The van der Waals surface area contributed by atoms with Crippen LogP contribution in [-0.4, -0.2) is 239 Å². The summed E-state index contributed by atoms with van der Waals surface area (Å²) in [6.45, 7) is 11.6. The van der Waals surface area contributed by atoms with Gasteiger partial charge in [-0.05, 0) is 115 Å². The Morgan fingerprint density at radius 1 is 0.576 bits per heavy atom. The fraction of sp³-hybridized carbons (Fsp3) is 0.564. The Morgan fingerprint density at radius 3 is 1.45 bits per heavy atom. The van der Waals surface area contributed by atoms with E-state index in [2.05, 4.69) is 46.3 Å². The van der Waals surface area contributed by atoms with Crippen LogP contribution in [0.15, 0.2) is 53.5 Å². The highest BCUT2D eigenvalue weighted by Gasteiger charge is 2.41. The number of piperidine rings is 1. The van der Waals surface area contributed by atoms with Crippen LogP contribution in [0.2, 0.25) is 0 Å². The lowest BCUT2D eigenvalue weighted by molar-refractivity contribution is -0.193. The Hall–Kier alpha value is -9.17. The molecule has 3 aliphatic rings. The van der Waals surface area contributed by atoms with Crippen LogP contribution in [0, 0.1) is 5.92 Å². The third-order valence-corrected chi connectivity index (χ3v) is 13.3. The van der Waals surface area contributed by atoms with Crippen LogP contribution in [0.3, 0.4) is 0 Å². The summed E-state index contributed by atoms with van der Waals surface area (Å²) >= 11 is 0. The number of hydrogen-bond acceptors (Lipinski definition) is 17. The third kappa shape index (κ3) is 37.4. The summed E-state index contributed by atoms with van der Waals surface area (Å²) < 4.78 is 159. The summed E-state index contributed by atoms with van der Waals surface area (Å²) in [7, 11) is 0. The second kappa shape index (κ2) is 42.6. The molecule has 0 bridgehead atoms. The third-order valence-electron chi connectivity index (χ3n) is 13.3. The predicted octanol–water partition coefficient (Wildman–Crippen LogP) is 3.60. The number of carboxylic acid groups (broad SMARTS) is 5. The quantitative estimate of drug-likeness (QED) is 0.0347. The monoisotopic (exact) mass is 1460 g/mol. The highest BCUT2D eigenvalue weighted by Crippen LogP contribution is 2.38. The van der Waals surface area contributed by atoms with E-state index >= 15 is 0 Å². The Morgan fingerprint density at radius 2 is 1.01 bits per heavy atom. The van der Waals surface area contributed by atoms with Crippen molar-refractivity contribution in [2.24, 2.45) is 28.1 Å². The molecule has 560 valence electrons. The number of aliphatic imine (C=N–C) groups is 1. The molecule has 3 heterocycles. The van der Waals surface area contributed by atoms with Gasteiger partial charge in [0.05, 0.1) is 35.2 Å². The number of imide groups is 1. The fourth-order valence-electron chi connectivity index (χ4n) is 8.52. The first-order chi connectivity index (χ1) is 45.5. The number of hydrogen-bond donors (Lipinski definition) is 13. The lowest BCUT2D eigenvalue weighted by atomic mass is 9.92. The van der Waals surface area contributed by atoms with Crippen molar-refractivity contribution in [3.63, 3.8) is 0 Å². The molecule has 0 aromatic heterocycles. The number of likely N-dealkylation sites (tertiary alicyclic amines) is 1. The average Bonchev–Trinajstić information content (AvgIpc) is 1.68. The van der Waals surface area contributed by atoms with E-state index in [0.717, 1.165) is 78.0 Å². The molecular formula is C55H74F15N13O16. The van der Waals surface area contributed by atoms with E-state index < -0.39 is 96.6 Å². The number of benzene rings is 2. The molecule has 0 saturated carbocycles.